The minimum absolute atomic E-state index is 0.750. The summed E-state index contributed by atoms with van der Waals surface area (Å²) in [6, 6.07) is 0. The quantitative estimate of drug-likeness (QED) is 0.546. The number of hydrazone groups is 1. The van der Waals surface area contributed by atoms with Crippen molar-refractivity contribution in [2.75, 3.05) is 7.05 Å². The Morgan fingerprint density at radius 2 is 1.71 bits per heavy atom. The van der Waals surface area contributed by atoms with Crippen LogP contribution in [-0.4, -0.2) is 37.1 Å². The highest BCUT2D eigenvalue weighted by atomic mass is 35.6. The van der Waals surface area contributed by atoms with Crippen LogP contribution < -0.4 is 0 Å². The fourth-order valence-corrected chi connectivity index (χ4v) is 2.15. The smallest absolute Gasteiger partial charge is 0.227 e. The van der Waals surface area contributed by atoms with E-state index in [1.165, 1.54) is 11.3 Å². The van der Waals surface area contributed by atoms with Crippen molar-refractivity contribution in [3.05, 3.63) is 0 Å². The van der Waals surface area contributed by atoms with Gasteiger partial charge in [0.2, 0.25) is 8.13 Å². The Bertz CT molecular complexity index is 236. The van der Waals surface area contributed by atoms with Crippen LogP contribution in [-0.2, 0) is 0 Å². The summed E-state index contributed by atoms with van der Waals surface area (Å²) in [6.45, 7) is 0. The van der Waals surface area contributed by atoms with E-state index < -0.39 is 14.3 Å². The summed E-state index contributed by atoms with van der Waals surface area (Å²) in [5, 5.41) is 5.23. The molecule has 0 aromatic heterocycles. The molecule has 1 aliphatic rings. The lowest BCUT2D eigenvalue weighted by molar-refractivity contribution is 0.195. The van der Waals surface area contributed by atoms with Gasteiger partial charge in [-0.2, -0.15) is 5.10 Å². The van der Waals surface area contributed by atoms with E-state index in [1.807, 2.05) is 0 Å². The van der Waals surface area contributed by atoms with E-state index in [1.54, 1.807) is 7.05 Å². The van der Waals surface area contributed by atoms with E-state index in [2.05, 4.69) is 5.10 Å². The van der Waals surface area contributed by atoms with Crippen molar-refractivity contribution in [1.29, 1.82) is 0 Å². The average Bonchev–Trinajstić information content (AvgIpc) is 2.28. The molecule has 14 heavy (non-hydrogen) atoms. The van der Waals surface area contributed by atoms with Crippen molar-refractivity contribution in [1.82, 2.24) is 9.43 Å². The van der Waals surface area contributed by atoms with Gasteiger partial charge in [-0.05, 0) is 0 Å². The largest absolute Gasteiger partial charge is 0.272 e. The third-order valence-electron chi connectivity index (χ3n) is 1.63. The molecule has 0 N–H and O–H groups in total. The number of hydrogen-bond donors (Lipinski definition) is 0. The molecule has 1 unspecified atom stereocenters. The molecule has 0 aromatic rings. The summed E-state index contributed by atoms with van der Waals surface area (Å²) in [5.74, 6) is 0. The van der Waals surface area contributed by atoms with Gasteiger partial charge in [-0.1, -0.05) is 58.0 Å². The van der Waals surface area contributed by atoms with Crippen molar-refractivity contribution < 1.29 is 0 Å². The van der Waals surface area contributed by atoms with Crippen LogP contribution in [0.3, 0.4) is 0 Å². The van der Waals surface area contributed by atoms with Crippen LogP contribution in [0.25, 0.3) is 0 Å². The fourth-order valence-electron chi connectivity index (χ4n) is 0.953. The molecule has 0 spiro atoms. The Hall–Kier alpha value is 1.01. The first kappa shape index (κ1) is 13.1. The van der Waals surface area contributed by atoms with E-state index in [9.17, 15) is 0 Å². The average molecular weight is 320 g/mol. The van der Waals surface area contributed by atoms with Crippen LogP contribution in [0, 0.1) is 0 Å². The summed E-state index contributed by atoms with van der Waals surface area (Å²) in [5.41, 5.74) is 0. The van der Waals surface area contributed by atoms with Crippen LogP contribution in [0.2, 0.25) is 0 Å². The van der Waals surface area contributed by atoms with Gasteiger partial charge >= 0.3 is 0 Å². The molecule has 0 aliphatic carbocycles. The van der Waals surface area contributed by atoms with E-state index in [4.69, 9.17) is 69.8 Å². The Kier molecular flexibility index (Phi) is 3.84. The standard InChI is InChI=1S/C5H5Cl6N3/c1-13-3(14(11)2-12-13)4(6,7)5(8,9)10/h2-3H,1H3. The van der Waals surface area contributed by atoms with Crippen molar-refractivity contribution in [2.24, 2.45) is 5.10 Å². The third-order valence-corrected chi connectivity index (χ3v) is 4.34. The number of nitrogens with zero attached hydrogens (tertiary/aromatic N) is 3. The first-order chi connectivity index (χ1) is 6.18. The van der Waals surface area contributed by atoms with Gasteiger partial charge in [-0.25, -0.2) is 4.42 Å². The van der Waals surface area contributed by atoms with E-state index >= 15 is 0 Å². The normalized spacial score (nSPS) is 23.5. The zero-order valence-electron chi connectivity index (χ0n) is 6.76. The maximum atomic E-state index is 5.93. The molecule has 3 nitrogen and oxygen atoms in total. The Morgan fingerprint density at radius 1 is 1.21 bits per heavy atom. The fraction of sp³-hybridized carbons (Fsp3) is 0.800. The van der Waals surface area contributed by atoms with Gasteiger partial charge in [0.25, 0.3) is 0 Å². The molecule has 0 saturated heterocycles. The van der Waals surface area contributed by atoms with Crippen molar-refractivity contribution in [3.8, 4) is 0 Å². The molecule has 9 heteroatoms. The number of rotatable bonds is 1. The van der Waals surface area contributed by atoms with Gasteiger partial charge < -0.3 is 0 Å². The Balaban J connectivity index is 2.93. The molecule has 0 bridgehead atoms. The van der Waals surface area contributed by atoms with E-state index in [0.717, 1.165) is 4.42 Å². The zero-order chi connectivity index (χ0) is 11.1. The highest BCUT2D eigenvalue weighted by Gasteiger charge is 2.56. The van der Waals surface area contributed by atoms with E-state index in [-0.39, 0.29) is 0 Å². The maximum absolute atomic E-state index is 5.93. The molecule has 0 aromatic carbocycles. The predicted molar refractivity (Wildman–Crippen MR) is 62.5 cm³/mol. The Morgan fingerprint density at radius 3 is 2.00 bits per heavy atom. The summed E-state index contributed by atoms with van der Waals surface area (Å²) < 4.78 is -2.44. The molecular formula is C5H5Cl6N3. The lowest BCUT2D eigenvalue weighted by Gasteiger charge is -2.37. The minimum atomic E-state index is -1.88. The predicted octanol–water partition coefficient (Wildman–Crippen LogP) is 3.20. The summed E-state index contributed by atoms with van der Waals surface area (Å²) in [7, 11) is 1.61. The summed E-state index contributed by atoms with van der Waals surface area (Å²) in [4.78, 5) is 0. The van der Waals surface area contributed by atoms with E-state index in [0.29, 0.717) is 0 Å². The second-order valence-electron chi connectivity index (χ2n) is 2.64. The van der Waals surface area contributed by atoms with Crippen LogP contribution in [0.4, 0.5) is 0 Å². The van der Waals surface area contributed by atoms with Gasteiger partial charge in [-0.3, -0.25) is 5.01 Å². The maximum Gasteiger partial charge on any atom is 0.227 e. The molecule has 0 fully saturated rings. The van der Waals surface area contributed by atoms with Crippen LogP contribution in [0.5, 0.6) is 0 Å². The van der Waals surface area contributed by atoms with Crippen molar-refractivity contribution >= 4 is 76.1 Å². The molecule has 1 aliphatic heterocycles. The van der Waals surface area contributed by atoms with Gasteiger partial charge in [0.1, 0.15) is 6.34 Å². The molecule has 1 rings (SSSR count). The molecule has 82 valence electrons. The summed E-state index contributed by atoms with van der Waals surface area (Å²) in [6.07, 6.45) is 0.572. The number of halogens is 6. The molecular weight excluding hydrogens is 315 g/mol. The minimum Gasteiger partial charge on any atom is -0.272 e. The number of hydrogen-bond acceptors (Lipinski definition) is 3. The molecule has 0 amide bonds. The lowest BCUT2D eigenvalue weighted by Crippen LogP contribution is -2.53. The number of alkyl halides is 5. The summed E-state index contributed by atoms with van der Waals surface area (Å²) >= 11 is 34.5. The van der Waals surface area contributed by atoms with Crippen LogP contribution >= 0.6 is 69.8 Å². The molecule has 0 radical (unpaired) electrons. The van der Waals surface area contributed by atoms with Gasteiger partial charge in [-0.15, -0.1) is 0 Å². The zero-order valence-corrected chi connectivity index (χ0v) is 11.3. The molecule has 0 saturated carbocycles. The highest BCUT2D eigenvalue weighted by molar-refractivity contribution is 6.75. The van der Waals surface area contributed by atoms with Gasteiger partial charge in [0.05, 0.1) is 0 Å². The van der Waals surface area contributed by atoms with Crippen molar-refractivity contribution in [3.63, 3.8) is 0 Å². The Labute approximate surface area is 112 Å². The first-order valence-corrected chi connectivity index (χ1v) is 5.56. The highest BCUT2D eigenvalue weighted by Crippen LogP contribution is 2.50. The monoisotopic (exact) mass is 317 g/mol. The topological polar surface area (TPSA) is 18.8 Å². The first-order valence-electron chi connectivity index (χ1n) is 3.33. The SMILES string of the molecule is CN1N=CN(Cl)C1C(Cl)(Cl)C(Cl)(Cl)Cl. The van der Waals surface area contributed by atoms with Crippen molar-refractivity contribution in [2.45, 2.75) is 14.3 Å². The second-order valence-corrected chi connectivity index (χ2v) is 6.70. The van der Waals surface area contributed by atoms with Gasteiger partial charge in [0, 0.05) is 18.8 Å². The third kappa shape index (κ3) is 2.23. The van der Waals surface area contributed by atoms with Crippen LogP contribution in [0.15, 0.2) is 5.10 Å². The van der Waals surface area contributed by atoms with Crippen LogP contribution in [0.1, 0.15) is 0 Å². The lowest BCUT2D eigenvalue weighted by atomic mass is 10.3. The van der Waals surface area contributed by atoms with Gasteiger partial charge in [0.15, 0.2) is 6.17 Å². The second kappa shape index (κ2) is 4.11. The molecule has 1 heterocycles. The molecule has 1 atom stereocenters.